The fourth-order valence-electron chi connectivity index (χ4n) is 2.27. The Morgan fingerprint density at radius 2 is 1.90 bits per heavy atom. The van der Waals surface area contributed by atoms with Crippen LogP contribution < -0.4 is 10.1 Å². The third-order valence-electron chi connectivity index (χ3n) is 3.25. The Hall–Kier alpha value is -1.95. The molecule has 0 aliphatic heterocycles. The van der Waals surface area contributed by atoms with E-state index in [-0.39, 0.29) is 12.1 Å². The summed E-state index contributed by atoms with van der Waals surface area (Å²) in [5.74, 6) is 1.47. The summed E-state index contributed by atoms with van der Waals surface area (Å²) in [7, 11) is 1.66. The molecule has 2 aromatic heterocycles. The zero-order chi connectivity index (χ0) is 15.4. The Balaban J connectivity index is 2.51. The van der Waals surface area contributed by atoms with Gasteiger partial charge < -0.3 is 10.1 Å². The molecule has 0 saturated carbocycles. The van der Waals surface area contributed by atoms with E-state index in [0.717, 1.165) is 29.4 Å². The van der Waals surface area contributed by atoms with E-state index in [4.69, 9.17) is 4.74 Å². The molecule has 0 aliphatic rings. The molecule has 0 radical (unpaired) electrons. The molecule has 6 heteroatoms. The molecule has 2 rings (SSSR count). The molecule has 0 spiro atoms. The summed E-state index contributed by atoms with van der Waals surface area (Å²) in [6.07, 6.45) is 5.40. The Morgan fingerprint density at radius 3 is 2.43 bits per heavy atom. The standard InChI is InChI=1S/C15H23N5O/c1-6-16-13(15-17-7-11(4)8-18-15)14-12(21-5)9-19-20(14)10(2)3/h7-10,13,16H,6H2,1-5H3. The van der Waals surface area contributed by atoms with Crippen LogP contribution in [0.3, 0.4) is 0 Å². The number of hydrogen-bond donors (Lipinski definition) is 1. The van der Waals surface area contributed by atoms with Crippen molar-refractivity contribution in [1.29, 1.82) is 0 Å². The molecule has 2 heterocycles. The first kappa shape index (κ1) is 15.4. The van der Waals surface area contributed by atoms with Crippen LogP contribution >= 0.6 is 0 Å². The summed E-state index contributed by atoms with van der Waals surface area (Å²) >= 11 is 0. The van der Waals surface area contributed by atoms with Crippen molar-refractivity contribution in [3.63, 3.8) is 0 Å². The van der Waals surface area contributed by atoms with Crippen molar-refractivity contribution >= 4 is 0 Å². The maximum atomic E-state index is 5.47. The van der Waals surface area contributed by atoms with Crippen LogP contribution in [0.25, 0.3) is 0 Å². The zero-order valence-corrected chi connectivity index (χ0v) is 13.3. The lowest BCUT2D eigenvalue weighted by atomic mass is 10.1. The molecule has 1 unspecified atom stereocenters. The van der Waals surface area contributed by atoms with Gasteiger partial charge in [0.1, 0.15) is 11.7 Å². The topological polar surface area (TPSA) is 64.9 Å². The van der Waals surface area contributed by atoms with Crippen molar-refractivity contribution in [3.8, 4) is 5.75 Å². The van der Waals surface area contributed by atoms with Gasteiger partial charge in [-0.2, -0.15) is 5.10 Å². The Morgan fingerprint density at radius 1 is 1.24 bits per heavy atom. The largest absolute Gasteiger partial charge is 0.493 e. The summed E-state index contributed by atoms with van der Waals surface area (Å²) in [6, 6.07) is 0.0888. The van der Waals surface area contributed by atoms with Crippen molar-refractivity contribution in [2.75, 3.05) is 13.7 Å². The van der Waals surface area contributed by atoms with Gasteiger partial charge >= 0.3 is 0 Å². The highest BCUT2D eigenvalue weighted by molar-refractivity contribution is 5.32. The molecule has 6 nitrogen and oxygen atoms in total. The second-order valence-electron chi connectivity index (χ2n) is 5.25. The van der Waals surface area contributed by atoms with E-state index in [1.165, 1.54) is 0 Å². The fraction of sp³-hybridized carbons (Fsp3) is 0.533. The average molecular weight is 289 g/mol. The minimum atomic E-state index is -0.143. The monoisotopic (exact) mass is 289 g/mol. The Kier molecular flexibility index (Phi) is 4.90. The second-order valence-corrected chi connectivity index (χ2v) is 5.25. The molecule has 0 aromatic carbocycles. The van der Waals surface area contributed by atoms with Crippen LogP contribution in [0, 0.1) is 6.92 Å². The summed E-state index contributed by atoms with van der Waals surface area (Å²) < 4.78 is 7.42. The molecule has 0 saturated heterocycles. The van der Waals surface area contributed by atoms with E-state index >= 15 is 0 Å². The van der Waals surface area contributed by atoms with Gasteiger partial charge in [0.15, 0.2) is 11.6 Å². The predicted octanol–water partition coefficient (Wildman–Crippen LogP) is 2.27. The molecule has 21 heavy (non-hydrogen) atoms. The van der Waals surface area contributed by atoms with E-state index in [2.05, 4.69) is 41.2 Å². The van der Waals surface area contributed by atoms with Crippen molar-refractivity contribution < 1.29 is 4.74 Å². The number of nitrogens with zero attached hydrogens (tertiary/aromatic N) is 4. The highest BCUT2D eigenvalue weighted by Crippen LogP contribution is 2.30. The molecule has 0 fully saturated rings. The molecule has 1 atom stereocenters. The molecule has 2 aromatic rings. The van der Waals surface area contributed by atoms with Crippen LogP contribution in [0.15, 0.2) is 18.6 Å². The first-order chi connectivity index (χ1) is 10.1. The van der Waals surface area contributed by atoms with Crippen LogP contribution in [-0.2, 0) is 0 Å². The Labute approximate surface area is 125 Å². The highest BCUT2D eigenvalue weighted by atomic mass is 16.5. The van der Waals surface area contributed by atoms with E-state index in [1.807, 2.05) is 24.0 Å². The van der Waals surface area contributed by atoms with Gasteiger partial charge in [-0.1, -0.05) is 6.92 Å². The minimum Gasteiger partial charge on any atom is -0.493 e. The number of rotatable bonds is 6. The maximum absolute atomic E-state index is 5.47. The lowest BCUT2D eigenvalue weighted by molar-refractivity contribution is 0.392. The van der Waals surface area contributed by atoms with E-state index < -0.39 is 0 Å². The first-order valence-corrected chi connectivity index (χ1v) is 7.21. The SMILES string of the molecule is CCNC(c1ncc(C)cn1)c1c(OC)cnn1C(C)C. The molecule has 1 N–H and O–H groups in total. The van der Waals surface area contributed by atoms with E-state index in [1.54, 1.807) is 13.3 Å². The van der Waals surface area contributed by atoms with Crippen LogP contribution in [0.4, 0.5) is 0 Å². The molecule has 0 bridgehead atoms. The first-order valence-electron chi connectivity index (χ1n) is 7.21. The van der Waals surface area contributed by atoms with Gasteiger partial charge in [0.2, 0.25) is 0 Å². The Bertz CT molecular complexity index is 576. The van der Waals surface area contributed by atoms with Crippen LogP contribution in [0.1, 0.15) is 49.9 Å². The number of nitrogens with one attached hydrogen (secondary N) is 1. The van der Waals surface area contributed by atoms with Crippen LogP contribution in [0.2, 0.25) is 0 Å². The van der Waals surface area contributed by atoms with E-state index in [0.29, 0.717) is 0 Å². The van der Waals surface area contributed by atoms with Gasteiger partial charge in [-0.15, -0.1) is 0 Å². The molecule has 114 valence electrons. The lowest BCUT2D eigenvalue weighted by Gasteiger charge is -2.21. The van der Waals surface area contributed by atoms with Gasteiger partial charge in [0.05, 0.1) is 13.3 Å². The minimum absolute atomic E-state index is 0.143. The van der Waals surface area contributed by atoms with Gasteiger partial charge in [0.25, 0.3) is 0 Å². The number of hydrogen-bond acceptors (Lipinski definition) is 5. The molecular weight excluding hydrogens is 266 g/mol. The van der Waals surface area contributed by atoms with Gasteiger partial charge in [-0.3, -0.25) is 4.68 Å². The van der Waals surface area contributed by atoms with E-state index in [9.17, 15) is 0 Å². The van der Waals surface area contributed by atoms with Crippen molar-refractivity contribution in [1.82, 2.24) is 25.1 Å². The molecule has 0 aliphatic carbocycles. The smallest absolute Gasteiger partial charge is 0.162 e. The van der Waals surface area contributed by atoms with Crippen LogP contribution in [0.5, 0.6) is 5.75 Å². The van der Waals surface area contributed by atoms with Crippen LogP contribution in [-0.4, -0.2) is 33.4 Å². The maximum Gasteiger partial charge on any atom is 0.162 e. The number of methoxy groups -OCH3 is 1. The van der Waals surface area contributed by atoms with Gasteiger partial charge in [0, 0.05) is 18.4 Å². The molecular formula is C15H23N5O. The second kappa shape index (κ2) is 6.67. The normalized spacial score (nSPS) is 12.7. The molecule has 0 amide bonds. The zero-order valence-electron chi connectivity index (χ0n) is 13.3. The number of ether oxygens (including phenoxy) is 1. The quantitative estimate of drug-likeness (QED) is 0.883. The van der Waals surface area contributed by atoms with Crippen molar-refractivity contribution in [2.45, 2.75) is 39.8 Å². The highest BCUT2D eigenvalue weighted by Gasteiger charge is 2.26. The summed E-state index contributed by atoms with van der Waals surface area (Å²) in [4.78, 5) is 8.92. The third kappa shape index (κ3) is 3.21. The number of aryl methyl sites for hydroxylation is 1. The van der Waals surface area contributed by atoms with Gasteiger partial charge in [-0.25, -0.2) is 9.97 Å². The summed E-state index contributed by atoms with van der Waals surface area (Å²) in [5.41, 5.74) is 2.00. The predicted molar refractivity (Wildman–Crippen MR) is 81.5 cm³/mol. The van der Waals surface area contributed by atoms with Gasteiger partial charge in [-0.05, 0) is 32.9 Å². The average Bonchev–Trinajstić information content (AvgIpc) is 2.89. The fourth-order valence-corrected chi connectivity index (χ4v) is 2.27. The number of aromatic nitrogens is 4. The third-order valence-corrected chi connectivity index (χ3v) is 3.25. The summed E-state index contributed by atoms with van der Waals surface area (Å²) in [6.45, 7) is 9.02. The van der Waals surface area contributed by atoms with Crippen molar-refractivity contribution in [3.05, 3.63) is 35.7 Å². The van der Waals surface area contributed by atoms with Crippen molar-refractivity contribution in [2.24, 2.45) is 0 Å². The lowest BCUT2D eigenvalue weighted by Crippen LogP contribution is -2.27. The summed E-state index contributed by atoms with van der Waals surface area (Å²) in [5, 5.41) is 7.85.